The lowest BCUT2D eigenvalue weighted by molar-refractivity contribution is 0.374. The number of benzene rings is 1. The van der Waals surface area contributed by atoms with E-state index in [1.165, 1.54) is 11.3 Å². The number of pyridine rings is 1. The van der Waals surface area contributed by atoms with E-state index in [1.54, 1.807) is 12.3 Å². The largest absolute Gasteiger partial charge is 0.479 e. The Balaban J connectivity index is 1.54. The topological polar surface area (TPSA) is 68.3 Å². The molecule has 0 saturated heterocycles. The molecule has 134 valence electrons. The van der Waals surface area contributed by atoms with Gasteiger partial charge in [0.1, 0.15) is 22.1 Å². The summed E-state index contributed by atoms with van der Waals surface area (Å²) in [5.74, 6) is 6.24. The fraction of sp³-hybridized carbons (Fsp3) is 0.211. The van der Waals surface area contributed by atoms with E-state index in [4.69, 9.17) is 4.74 Å². The van der Waals surface area contributed by atoms with Gasteiger partial charge in [-0.3, -0.25) is 4.98 Å². The molecule has 0 fully saturated rings. The van der Waals surface area contributed by atoms with E-state index < -0.39 is 10.0 Å². The summed E-state index contributed by atoms with van der Waals surface area (Å²) in [5.41, 5.74) is 0.780. The van der Waals surface area contributed by atoms with Crippen molar-refractivity contribution in [2.24, 2.45) is 0 Å². The second kappa shape index (κ2) is 8.32. The van der Waals surface area contributed by atoms with Crippen molar-refractivity contribution in [3.05, 3.63) is 53.5 Å². The molecule has 1 aromatic carbocycles. The molecule has 0 atom stereocenters. The van der Waals surface area contributed by atoms with Crippen LogP contribution in [0.5, 0.6) is 5.75 Å². The Morgan fingerprint density at radius 1 is 1.15 bits per heavy atom. The lowest BCUT2D eigenvalue weighted by Gasteiger charge is -2.05. The van der Waals surface area contributed by atoms with Gasteiger partial charge in [0.25, 0.3) is 10.0 Å². The standard InChI is InChI=1S/C19H18N2O3S2/c1-2-16-10-11-18(25-16)26(22,23)21-13-3-4-14-24-17-9-5-7-15-8-6-12-20-19(15)17/h5-12,21H,2,13-14H2,1H3. The van der Waals surface area contributed by atoms with Crippen LogP contribution in [0.3, 0.4) is 0 Å². The molecular formula is C19H18N2O3S2. The summed E-state index contributed by atoms with van der Waals surface area (Å²) < 4.78 is 32.7. The van der Waals surface area contributed by atoms with Crippen LogP contribution < -0.4 is 9.46 Å². The highest BCUT2D eigenvalue weighted by molar-refractivity contribution is 7.91. The number of ether oxygens (including phenoxy) is 1. The van der Waals surface area contributed by atoms with Crippen molar-refractivity contribution in [2.45, 2.75) is 17.6 Å². The zero-order valence-corrected chi connectivity index (χ0v) is 15.9. The van der Waals surface area contributed by atoms with Crippen molar-refractivity contribution < 1.29 is 13.2 Å². The van der Waals surface area contributed by atoms with Gasteiger partial charge < -0.3 is 4.74 Å². The van der Waals surface area contributed by atoms with Crippen LogP contribution in [-0.4, -0.2) is 26.6 Å². The number of thiophene rings is 1. The SMILES string of the molecule is CCc1ccc(S(=O)(=O)NCC#CCOc2cccc3cccnc23)s1. The van der Waals surface area contributed by atoms with Crippen molar-refractivity contribution in [3.8, 4) is 17.6 Å². The fourth-order valence-corrected chi connectivity index (χ4v) is 4.58. The Hall–Kier alpha value is -2.40. The maximum Gasteiger partial charge on any atom is 0.250 e. The molecule has 0 bridgehead atoms. The van der Waals surface area contributed by atoms with Crippen LogP contribution in [-0.2, 0) is 16.4 Å². The number of hydrogen-bond acceptors (Lipinski definition) is 5. The second-order valence-electron chi connectivity index (χ2n) is 5.37. The number of fused-ring (bicyclic) bond motifs is 1. The van der Waals surface area contributed by atoms with Crippen molar-refractivity contribution in [1.29, 1.82) is 0 Å². The van der Waals surface area contributed by atoms with Crippen LogP contribution in [0.1, 0.15) is 11.8 Å². The summed E-state index contributed by atoms with van der Waals surface area (Å²) >= 11 is 1.28. The Kier molecular flexibility index (Phi) is 5.89. The second-order valence-corrected chi connectivity index (χ2v) is 8.53. The summed E-state index contributed by atoms with van der Waals surface area (Å²) in [4.78, 5) is 5.34. The first-order chi connectivity index (χ1) is 12.6. The maximum atomic E-state index is 12.2. The quantitative estimate of drug-likeness (QED) is 0.661. The van der Waals surface area contributed by atoms with E-state index >= 15 is 0 Å². The number of hydrogen-bond donors (Lipinski definition) is 1. The van der Waals surface area contributed by atoms with Crippen LogP contribution in [0.25, 0.3) is 10.9 Å². The van der Waals surface area contributed by atoms with E-state index in [0.29, 0.717) is 9.96 Å². The average molecular weight is 386 g/mol. The summed E-state index contributed by atoms with van der Waals surface area (Å²) in [5, 5.41) is 0.994. The third-order valence-corrected chi connectivity index (χ3v) is 6.74. The van der Waals surface area contributed by atoms with Crippen LogP contribution in [0.2, 0.25) is 0 Å². The Morgan fingerprint density at radius 3 is 2.81 bits per heavy atom. The smallest absolute Gasteiger partial charge is 0.250 e. The minimum absolute atomic E-state index is 0.0405. The summed E-state index contributed by atoms with van der Waals surface area (Å²) in [6.45, 7) is 2.20. The van der Waals surface area contributed by atoms with Gasteiger partial charge in [0.05, 0.1) is 6.54 Å². The maximum absolute atomic E-state index is 12.2. The third-order valence-electron chi connectivity index (χ3n) is 3.62. The van der Waals surface area contributed by atoms with Gasteiger partial charge in [-0.1, -0.05) is 37.0 Å². The molecule has 0 aliphatic heterocycles. The van der Waals surface area contributed by atoms with E-state index in [-0.39, 0.29) is 13.2 Å². The molecule has 3 aromatic rings. The molecule has 0 unspecified atom stereocenters. The first kappa shape index (κ1) is 18.4. The molecule has 0 radical (unpaired) electrons. The van der Waals surface area contributed by atoms with Gasteiger partial charge in [-0.15, -0.1) is 11.3 Å². The van der Waals surface area contributed by atoms with E-state index in [2.05, 4.69) is 21.5 Å². The number of para-hydroxylation sites is 1. The van der Waals surface area contributed by atoms with E-state index in [0.717, 1.165) is 22.2 Å². The molecule has 3 rings (SSSR count). The van der Waals surface area contributed by atoms with Gasteiger partial charge >= 0.3 is 0 Å². The van der Waals surface area contributed by atoms with Crippen LogP contribution in [0, 0.1) is 11.8 Å². The number of rotatable bonds is 6. The van der Waals surface area contributed by atoms with Crippen LogP contribution >= 0.6 is 11.3 Å². The zero-order chi connectivity index (χ0) is 18.4. The van der Waals surface area contributed by atoms with Crippen molar-refractivity contribution in [2.75, 3.05) is 13.2 Å². The highest BCUT2D eigenvalue weighted by atomic mass is 32.2. The van der Waals surface area contributed by atoms with Gasteiger partial charge in [-0.25, -0.2) is 8.42 Å². The van der Waals surface area contributed by atoms with Crippen LogP contribution in [0.15, 0.2) is 52.9 Å². The van der Waals surface area contributed by atoms with Crippen molar-refractivity contribution >= 4 is 32.3 Å². The normalized spacial score (nSPS) is 11.1. The third kappa shape index (κ3) is 4.41. The molecule has 0 aliphatic rings. The highest BCUT2D eigenvalue weighted by Gasteiger charge is 2.15. The summed E-state index contributed by atoms with van der Waals surface area (Å²) in [6, 6.07) is 13.0. The van der Waals surface area contributed by atoms with Crippen molar-refractivity contribution in [3.63, 3.8) is 0 Å². The number of sulfonamides is 1. The first-order valence-corrected chi connectivity index (χ1v) is 10.4. The van der Waals surface area contributed by atoms with Gasteiger partial charge in [0, 0.05) is 16.5 Å². The molecule has 7 heteroatoms. The van der Waals surface area contributed by atoms with E-state index in [1.807, 2.05) is 43.3 Å². The van der Waals surface area contributed by atoms with Crippen LogP contribution in [0.4, 0.5) is 0 Å². The molecule has 0 amide bonds. The van der Waals surface area contributed by atoms with Gasteiger partial charge in [-0.2, -0.15) is 4.72 Å². The molecule has 0 aliphatic carbocycles. The number of aromatic nitrogens is 1. The lowest BCUT2D eigenvalue weighted by atomic mass is 10.2. The number of aryl methyl sites for hydroxylation is 1. The molecule has 26 heavy (non-hydrogen) atoms. The number of nitrogens with one attached hydrogen (secondary N) is 1. The number of nitrogens with zero attached hydrogens (tertiary/aromatic N) is 1. The highest BCUT2D eigenvalue weighted by Crippen LogP contribution is 2.23. The molecule has 0 saturated carbocycles. The fourth-order valence-electron chi connectivity index (χ4n) is 2.31. The van der Waals surface area contributed by atoms with E-state index in [9.17, 15) is 8.42 Å². The Bertz CT molecular complexity index is 1060. The Morgan fingerprint density at radius 2 is 2.00 bits per heavy atom. The first-order valence-electron chi connectivity index (χ1n) is 8.11. The minimum Gasteiger partial charge on any atom is -0.479 e. The van der Waals surface area contributed by atoms with Gasteiger partial charge in [-0.05, 0) is 30.7 Å². The van der Waals surface area contributed by atoms with Gasteiger partial charge in [0.15, 0.2) is 0 Å². The molecule has 2 heterocycles. The van der Waals surface area contributed by atoms with Crippen molar-refractivity contribution in [1.82, 2.24) is 9.71 Å². The monoisotopic (exact) mass is 386 g/mol. The molecule has 0 spiro atoms. The Labute approximate surface area is 157 Å². The zero-order valence-electron chi connectivity index (χ0n) is 14.2. The predicted octanol–water partition coefficient (Wildman–Crippen LogP) is 3.22. The summed E-state index contributed by atoms with van der Waals surface area (Å²) in [7, 11) is -3.50. The average Bonchev–Trinajstić information content (AvgIpc) is 3.15. The van der Waals surface area contributed by atoms with Gasteiger partial charge in [0.2, 0.25) is 0 Å². The lowest BCUT2D eigenvalue weighted by Crippen LogP contribution is -2.23. The molecule has 5 nitrogen and oxygen atoms in total. The molecular weight excluding hydrogens is 368 g/mol. The minimum atomic E-state index is -3.50. The molecule has 2 aromatic heterocycles. The molecule has 1 N–H and O–H groups in total. The summed E-state index contributed by atoms with van der Waals surface area (Å²) in [6.07, 6.45) is 2.53. The predicted molar refractivity (Wildman–Crippen MR) is 104 cm³/mol.